The average molecular weight is 414 g/mol. The van der Waals surface area contributed by atoms with Gasteiger partial charge in [0, 0.05) is 36.6 Å². The molecule has 2 aliphatic rings. The Morgan fingerprint density at radius 1 is 1.17 bits per heavy atom. The molecule has 0 unspecified atom stereocenters. The molecule has 4 rings (SSSR count). The van der Waals surface area contributed by atoms with Gasteiger partial charge in [-0.1, -0.05) is 54.1 Å². The summed E-state index contributed by atoms with van der Waals surface area (Å²) in [5, 5.41) is 13.9. The van der Waals surface area contributed by atoms with Gasteiger partial charge in [-0.2, -0.15) is 0 Å². The van der Waals surface area contributed by atoms with Crippen LogP contribution in [0.2, 0.25) is 5.02 Å². The summed E-state index contributed by atoms with van der Waals surface area (Å²) >= 11 is 6.00. The van der Waals surface area contributed by atoms with Gasteiger partial charge < -0.3 is 15.3 Å². The number of hydrogen-bond donors (Lipinski definition) is 2. The first-order valence-electron chi connectivity index (χ1n) is 10.2. The summed E-state index contributed by atoms with van der Waals surface area (Å²) < 4.78 is 0. The molecule has 1 spiro atoms. The van der Waals surface area contributed by atoms with Crippen molar-refractivity contribution in [1.82, 2.24) is 15.1 Å². The van der Waals surface area contributed by atoms with Crippen molar-refractivity contribution < 1.29 is 9.90 Å². The first-order valence-corrected chi connectivity index (χ1v) is 10.5. The lowest BCUT2D eigenvalue weighted by atomic mass is 9.61. The van der Waals surface area contributed by atoms with Crippen LogP contribution in [-0.2, 0) is 6.54 Å². The Morgan fingerprint density at radius 3 is 2.41 bits per heavy atom. The van der Waals surface area contributed by atoms with E-state index in [4.69, 9.17) is 11.6 Å². The zero-order valence-electron chi connectivity index (χ0n) is 16.9. The quantitative estimate of drug-likeness (QED) is 0.789. The molecular formula is C23H28ClN3O2. The van der Waals surface area contributed by atoms with Crippen molar-refractivity contribution in [1.29, 1.82) is 0 Å². The van der Waals surface area contributed by atoms with Crippen LogP contribution in [-0.4, -0.2) is 58.3 Å². The first kappa shape index (κ1) is 20.2. The van der Waals surface area contributed by atoms with Crippen LogP contribution in [0.25, 0.3) is 0 Å². The molecule has 2 amide bonds. The minimum Gasteiger partial charge on any atom is -0.394 e. The zero-order valence-corrected chi connectivity index (χ0v) is 17.6. The number of halogens is 1. The largest absolute Gasteiger partial charge is 0.394 e. The molecule has 29 heavy (non-hydrogen) atoms. The summed E-state index contributed by atoms with van der Waals surface area (Å²) in [7, 11) is 0. The third-order valence-corrected chi connectivity index (χ3v) is 6.32. The Bertz CT molecular complexity index is 850. The van der Waals surface area contributed by atoms with Gasteiger partial charge in [0.05, 0.1) is 18.2 Å². The van der Waals surface area contributed by atoms with Gasteiger partial charge in [0.15, 0.2) is 0 Å². The lowest BCUT2D eigenvalue weighted by molar-refractivity contribution is -0.164. The van der Waals surface area contributed by atoms with E-state index < -0.39 is 0 Å². The van der Waals surface area contributed by atoms with Gasteiger partial charge in [-0.25, -0.2) is 4.79 Å². The number of nitrogens with zero attached hydrogens (tertiary/aromatic N) is 2. The molecule has 2 heterocycles. The van der Waals surface area contributed by atoms with Crippen molar-refractivity contribution in [3.63, 3.8) is 0 Å². The van der Waals surface area contributed by atoms with Crippen molar-refractivity contribution in [3.8, 4) is 0 Å². The molecule has 0 radical (unpaired) electrons. The number of urea groups is 1. The molecule has 2 saturated heterocycles. The molecule has 2 aromatic carbocycles. The third kappa shape index (κ3) is 3.63. The van der Waals surface area contributed by atoms with Gasteiger partial charge in [-0.05, 0) is 37.1 Å². The summed E-state index contributed by atoms with van der Waals surface area (Å²) in [5.74, 6) is 0.132. The molecule has 2 aliphatic heterocycles. The van der Waals surface area contributed by atoms with E-state index in [-0.39, 0.29) is 36.2 Å². The fourth-order valence-electron chi connectivity index (χ4n) is 4.99. The minimum atomic E-state index is -0.278. The van der Waals surface area contributed by atoms with E-state index in [1.54, 1.807) is 0 Å². The predicted octanol–water partition coefficient (Wildman–Crippen LogP) is 3.47. The van der Waals surface area contributed by atoms with Crippen LogP contribution in [0, 0.1) is 0 Å². The monoisotopic (exact) mass is 413 g/mol. The topological polar surface area (TPSA) is 55.8 Å². The number of nitrogens with one attached hydrogen (secondary N) is 1. The molecule has 0 bridgehead atoms. The van der Waals surface area contributed by atoms with Crippen LogP contribution in [0.1, 0.15) is 30.9 Å². The Hall–Kier alpha value is -2.08. The molecule has 5 nitrogen and oxygen atoms in total. The second-order valence-electron chi connectivity index (χ2n) is 8.49. The normalized spacial score (nSPS) is 23.0. The van der Waals surface area contributed by atoms with E-state index in [1.165, 1.54) is 11.1 Å². The Labute approximate surface area is 177 Å². The molecule has 0 aromatic heterocycles. The Kier molecular flexibility index (Phi) is 5.56. The fraction of sp³-hybridized carbons (Fsp3) is 0.435. The maximum absolute atomic E-state index is 13.0. The molecular weight excluding hydrogens is 386 g/mol. The van der Waals surface area contributed by atoms with Crippen LogP contribution in [0.15, 0.2) is 54.6 Å². The number of amides is 2. The predicted molar refractivity (Wildman–Crippen MR) is 115 cm³/mol. The maximum Gasteiger partial charge on any atom is 0.318 e. The number of hydrogen-bond acceptors (Lipinski definition) is 3. The van der Waals surface area contributed by atoms with E-state index in [2.05, 4.69) is 22.3 Å². The highest BCUT2D eigenvalue weighted by atomic mass is 35.5. The van der Waals surface area contributed by atoms with Gasteiger partial charge >= 0.3 is 6.03 Å². The lowest BCUT2D eigenvalue weighted by Gasteiger charge is -2.70. The summed E-state index contributed by atoms with van der Waals surface area (Å²) in [4.78, 5) is 17.2. The summed E-state index contributed by atoms with van der Waals surface area (Å²) in [6.07, 6.45) is 0. The third-order valence-electron chi connectivity index (χ3n) is 6.07. The van der Waals surface area contributed by atoms with Gasteiger partial charge in [-0.15, -0.1) is 0 Å². The molecule has 6 heteroatoms. The van der Waals surface area contributed by atoms with Crippen LogP contribution in [0.5, 0.6) is 0 Å². The second-order valence-corrected chi connectivity index (χ2v) is 8.92. The van der Waals surface area contributed by atoms with Crippen molar-refractivity contribution in [3.05, 3.63) is 70.7 Å². The SMILES string of the molecule is CC(C)NC(=O)N1[C@@H](CO)[C@@H](c2ccccc2)C12CN(Cc1ccc(Cl)cc1)C2. The van der Waals surface area contributed by atoms with E-state index in [0.29, 0.717) is 0 Å². The number of rotatable bonds is 5. The standard InChI is InChI=1S/C23H28ClN3O2/c1-16(2)25-22(29)27-20(13-28)21(18-6-4-3-5-7-18)23(27)14-26(15-23)12-17-8-10-19(24)11-9-17/h3-11,16,20-21,28H,12-15H2,1-2H3,(H,25,29)/t20-,21+/m0/s1. The number of aliphatic hydroxyl groups excluding tert-OH is 1. The highest BCUT2D eigenvalue weighted by molar-refractivity contribution is 6.30. The highest BCUT2D eigenvalue weighted by Gasteiger charge is 2.67. The van der Waals surface area contributed by atoms with Gasteiger partial charge in [0.2, 0.25) is 0 Å². The summed E-state index contributed by atoms with van der Waals surface area (Å²) in [5.41, 5.74) is 2.11. The Balaban J connectivity index is 1.56. The number of likely N-dealkylation sites (tertiary alicyclic amines) is 2. The Morgan fingerprint density at radius 2 is 1.83 bits per heavy atom. The van der Waals surface area contributed by atoms with E-state index in [1.807, 2.05) is 61.2 Å². The van der Waals surface area contributed by atoms with Gasteiger partial charge in [0.25, 0.3) is 0 Å². The van der Waals surface area contributed by atoms with Crippen molar-refractivity contribution in [2.75, 3.05) is 19.7 Å². The van der Waals surface area contributed by atoms with Crippen molar-refractivity contribution >= 4 is 17.6 Å². The summed E-state index contributed by atoms with van der Waals surface area (Å²) in [6.45, 7) is 6.28. The van der Waals surface area contributed by atoms with Crippen molar-refractivity contribution in [2.45, 2.75) is 43.9 Å². The first-order chi connectivity index (χ1) is 13.9. The van der Waals surface area contributed by atoms with Gasteiger partial charge in [-0.3, -0.25) is 4.90 Å². The number of benzene rings is 2. The smallest absolute Gasteiger partial charge is 0.318 e. The van der Waals surface area contributed by atoms with Crippen LogP contribution >= 0.6 is 11.6 Å². The van der Waals surface area contributed by atoms with E-state index in [0.717, 1.165) is 24.7 Å². The molecule has 0 saturated carbocycles. The van der Waals surface area contributed by atoms with Gasteiger partial charge in [0.1, 0.15) is 0 Å². The number of aliphatic hydroxyl groups is 1. The fourth-order valence-corrected chi connectivity index (χ4v) is 5.12. The average Bonchev–Trinajstić information content (AvgIpc) is 2.64. The molecule has 2 fully saturated rings. The highest BCUT2D eigenvalue weighted by Crippen LogP contribution is 2.54. The van der Waals surface area contributed by atoms with E-state index in [9.17, 15) is 9.90 Å². The molecule has 2 atom stereocenters. The number of carbonyl (C=O) groups excluding carboxylic acids is 1. The van der Waals surface area contributed by atoms with Crippen LogP contribution < -0.4 is 5.32 Å². The summed E-state index contributed by atoms with van der Waals surface area (Å²) in [6, 6.07) is 17.9. The number of carbonyl (C=O) groups is 1. The minimum absolute atomic E-state index is 0.0377. The molecule has 154 valence electrons. The van der Waals surface area contributed by atoms with Crippen LogP contribution in [0.3, 0.4) is 0 Å². The van der Waals surface area contributed by atoms with Crippen LogP contribution in [0.4, 0.5) is 4.79 Å². The lowest BCUT2D eigenvalue weighted by Crippen LogP contribution is -2.86. The molecule has 0 aliphatic carbocycles. The van der Waals surface area contributed by atoms with Crippen molar-refractivity contribution in [2.24, 2.45) is 0 Å². The maximum atomic E-state index is 13.0. The van der Waals surface area contributed by atoms with E-state index >= 15 is 0 Å². The molecule has 2 aromatic rings. The zero-order chi connectivity index (χ0) is 20.6. The second kappa shape index (κ2) is 7.98. The molecule has 2 N–H and O–H groups in total.